The maximum atomic E-state index is 10.1. The summed E-state index contributed by atoms with van der Waals surface area (Å²) in [6.45, 7) is 3.19. The van der Waals surface area contributed by atoms with Crippen LogP contribution in [0.1, 0.15) is 13.8 Å². The fourth-order valence-corrected chi connectivity index (χ4v) is 0.341. The van der Waals surface area contributed by atoms with E-state index in [1.165, 1.54) is 6.92 Å². The summed E-state index contributed by atoms with van der Waals surface area (Å²) in [6, 6.07) is 0. The zero-order valence-electron chi connectivity index (χ0n) is 5.82. The third kappa shape index (κ3) is 2.17. The Balaban J connectivity index is 4.28. The second-order valence-electron chi connectivity index (χ2n) is 1.79. The summed E-state index contributed by atoms with van der Waals surface area (Å²) in [7, 11) is 1.67. The lowest BCUT2D eigenvalue weighted by molar-refractivity contribution is -0.299. The number of carboxylic acid groups (broad SMARTS) is 1. The van der Waals surface area contributed by atoms with Gasteiger partial charge >= 0.3 is 0 Å². The van der Waals surface area contributed by atoms with Crippen LogP contribution >= 0.6 is 0 Å². The van der Waals surface area contributed by atoms with Gasteiger partial charge in [0.15, 0.2) is 0 Å². The van der Waals surface area contributed by atoms with E-state index in [0.29, 0.717) is 5.70 Å². The van der Waals surface area contributed by atoms with Gasteiger partial charge in [0.25, 0.3) is 0 Å². The lowest BCUT2D eigenvalue weighted by Gasteiger charge is -2.06. The zero-order chi connectivity index (χ0) is 7.44. The first-order valence-electron chi connectivity index (χ1n) is 2.66. The number of rotatable bonds is 2. The summed E-state index contributed by atoms with van der Waals surface area (Å²) in [5, 5.41) is 12.8. The van der Waals surface area contributed by atoms with E-state index in [4.69, 9.17) is 0 Å². The molecule has 0 aliphatic carbocycles. The summed E-state index contributed by atoms with van der Waals surface area (Å²) in [4.78, 5) is 10.1. The highest BCUT2D eigenvalue weighted by atomic mass is 16.4. The van der Waals surface area contributed by atoms with Crippen molar-refractivity contribution in [3.8, 4) is 0 Å². The Morgan fingerprint density at radius 2 is 1.89 bits per heavy atom. The van der Waals surface area contributed by atoms with Gasteiger partial charge in [-0.25, -0.2) is 0 Å². The maximum Gasteiger partial charge on any atom is 0.0689 e. The summed E-state index contributed by atoms with van der Waals surface area (Å²) in [5.74, 6) is -1.12. The van der Waals surface area contributed by atoms with Gasteiger partial charge in [-0.05, 0) is 19.4 Å². The third-order valence-corrected chi connectivity index (χ3v) is 1.24. The predicted octanol–water partition coefficient (Wildman–Crippen LogP) is -0.750. The summed E-state index contributed by atoms with van der Waals surface area (Å²) < 4.78 is 0. The fourth-order valence-electron chi connectivity index (χ4n) is 0.341. The first-order valence-corrected chi connectivity index (χ1v) is 2.66. The molecular formula is C6H10NO2-. The van der Waals surface area contributed by atoms with Crippen LogP contribution in [0.3, 0.4) is 0 Å². The highest BCUT2D eigenvalue weighted by molar-refractivity contribution is 5.84. The topological polar surface area (TPSA) is 52.2 Å². The molecule has 0 unspecified atom stereocenters. The molecule has 3 heteroatoms. The molecule has 0 fully saturated rings. The largest absolute Gasteiger partial charge is 0.545 e. The lowest BCUT2D eigenvalue weighted by atomic mass is 10.2. The van der Waals surface area contributed by atoms with Gasteiger partial charge in [-0.2, -0.15) is 0 Å². The van der Waals surface area contributed by atoms with E-state index in [-0.39, 0.29) is 5.57 Å². The van der Waals surface area contributed by atoms with Crippen LogP contribution in [0, 0.1) is 0 Å². The van der Waals surface area contributed by atoms with Crippen molar-refractivity contribution < 1.29 is 9.90 Å². The van der Waals surface area contributed by atoms with Crippen LogP contribution in [0.25, 0.3) is 0 Å². The van der Waals surface area contributed by atoms with Crippen LogP contribution in [0.5, 0.6) is 0 Å². The quantitative estimate of drug-likeness (QED) is 0.498. The highest BCUT2D eigenvalue weighted by Crippen LogP contribution is 1.95. The van der Waals surface area contributed by atoms with Gasteiger partial charge in [0.2, 0.25) is 0 Å². The summed E-state index contributed by atoms with van der Waals surface area (Å²) in [6.07, 6.45) is 0. The Labute approximate surface area is 54.4 Å². The fraction of sp³-hybridized carbons (Fsp3) is 0.500. The minimum atomic E-state index is -1.12. The van der Waals surface area contributed by atoms with Crippen LogP contribution in [-0.2, 0) is 4.79 Å². The Morgan fingerprint density at radius 3 is 2.00 bits per heavy atom. The number of nitrogens with one attached hydrogen (secondary N) is 1. The minimum absolute atomic E-state index is 0.248. The minimum Gasteiger partial charge on any atom is -0.545 e. The molecule has 52 valence electrons. The molecule has 0 rings (SSSR count). The molecule has 0 aliphatic rings. The molecule has 0 saturated carbocycles. The molecule has 0 spiro atoms. The highest BCUT2D eigenvalue weighted by Gasteiger charge is 1.92. The third-order valence-electron chi connectivity index (χ3n) is 1.24. The van der Waals surface area contributed by atoms with Crippen molar-refractivity contribution in [3.63, 3.8) is 0 Å². The molecule has 0 radical (unpaired) electrons. The Bertz CT molecular complexity index is 149. The van der Waals surface area contributed by atoms with Crippen LogP contribution < -0.4 is 10.4 Å². The van der Waals surface area contributed by atoms with Gasteiger partial charge in [-0.3, -0.25) is 0 Å². The van der Waals surface area contributed by atoms with Crippen molar-refractivity contribution in [1.82, 2.24) is 5.32 Å². The molecule has 0 aromatic carbocycles. The number of carbonyl (C=O) groups excluding carboxylic acids is 1. The average molecular weight is 128 g/mol. The molecule has 9 heavy (non-hydrogen) atoms. The first kappa shape index (κ1) is 8.01. The molecular weight excluding hydrogens is 118 g/mol. The predicted molar refractivity (Wildman–Crippen MR) is 32.4 cm³/mol. The summed E-state index contributed by atoms with van der Waals surface area (Å²) >= 11 is 0. The Kier molecular flexibility index (Phi) is 2.78. The molecule has 0 bridgehead atoms. The van der Waals surface area contributed by atoms with Gasteiger partial charge in [0.05, 0.1) is 5.97 Å². The molecule has 3 nitrogen and oxygen atoms in total. The van der Waals surface area contributed by atoms with Crippen molar-refractivity contribution in [2.45, 2.75) is 13.8 Å². The van der Waals surface area contributed by atoms with Crippen LogP contribution in [-0.4, -0.2) is 13.0 Å². The molecule has 0 amide bonds. The molecule has 0 aliphatic heterocycles. The second-order valence-corrected chi connectivity index (χ2v) is 1.79. The molecule has 0 saturated heterocycles. The van der Waals surface area contributed by atoms with Crippen molar-refractivity contribution in [3.05, 3.63) is 11.3 Å². The van der Waals surface area contributed by atoms with Crippen molar-refractivity contribution in [2.24, 2.45) is 0 Å². The van der Waals surface area contributed by atoms with Crippen LogP contribution in [0.15, 0.2) is 11.3 Å². The van der Waals surface area contributed by atoms with E-state index < -0.39 is 5.97 Å². The zero-order valence-corrected chi connectivity index (χ0v) is 5.82. The number of hydrogen-bond acceptors (Lipinski definition) is 3. The monoisotopic (exact) mass is 128 g/mol. The van der Waals surface area contributed by atoms with Gasteiger partial charge in [0.1, 0.15) is 0 Å². The average Bonchev–Trinajstić information content (AvgIpc) is 1.84. The lowest BCUT2D eigenvalue weighted by Crippen LogP contribution is -2.25. The first-order chi connectivity index (χ1) is 4.09. The molecule has 0 heterocycles. The van der Waals surface area contributed by atoms with Gasteiger partial charge in [0, 0.05) is 12.7 Å². The number of carboxylic acids is 1. The van der Waals surface area contributed by atoms with Crippen LogP contribution in [0.4, 0.5) is 0 Å². The van der Waals surface area contributed by atoms with E-state index >= 15 is 0 Å². The number of hydrogen-bond donors (Lipinski definition) is 1. The van der Waals surface area contributed by atoms with E-state index in [1.807, 2.05) is 0 Å². The molecule has 0 atom stereocenters. The van der Waals surface area contributed by atoms with E-state index in [2.05, 4.69) is 5.32 Å². The van der Waals surface area contributed by atoms with Gasteiger partial charge in [-0.15, -0.1) is 0 Å². The van der Waals surface area contributed by atoms with Gasteiger partial charge < -0.3 is 15.2 Å². The maximum absolute atomic E-state index is 10.1. The van der Waals surface area contributed by atoms with Gasteiger partial charge in [-0.1, -0.05) is 0 Å². The second kappa shape index (κ2) is 3.12. The van der Waals surface area contributed by atoms with Crippen molar-refractivity contribution in [2.75, 3.05) is 7.05 Å². The van der Waals surface area contributed by atoms with E-state index in [1.54, 1.807) is 14.0 Å². The Hall–Kier alpha value is -0.990. The SMILES string of the molecule is CN/C(C)=C(/C)C(=O)[O-]. The number of aliphatic carboxylic acids is 1. The van der Waals surface area contributed by atoms with E-state index in [9.17, 15) is 9.90 Å². The normalized spacial score (nSPS) is 12.3. The number of allylic oxidation sites excluding steroid dienone is 1. The van der Waals surface area contributed by atoms with E-state index in [0.717, 1.165) is 0 Å². The van der Waals surface area contributed by atoms with Crippen molar-refractivity contribution >= 4 is 5.97 Å². The van der Waals surface area contributed by atoms with Crippen LogP contribution in [0.2, 0.25) is 0 Å². The molecule has 0 aromatic rings. The smallest absolute Gasteiger partial charge is 0.0689 e. The standard InChI is InChI=1S/C6H11NO2/c1-4(6(8)9)5(2)7-3/h7H,1-3H3,(H,8,9)/p-1/b5-4-. The molecule has 0 aromatic heterocycles. The molecule has 1 N–H and O–H groups in total. The summed E-state index contributed by atoms with van der Waals surface area (Å²) in [5.41, 5.74) is 0.882. The number of carbonyl (C=O) groups is 1. The Morgan fingerprint density at radius 1 is 1.44 bits per heavy atom. The van der Waals surface area contributed by atoms with Crippen molar-refractivity contribution in [1.29, 1.82) is 0 Å².